The van der Waals surface area contributed by atoms with Gasteiger partial charge in [-0.3, -0.25) is 0 Å². The summed E-state index contributed by atoms with van der Waals surface area (Å²) in [6, 6.07) is 0. The number of methoxy groups -OCH3 is 1. The first-order chi connectivity index (χ1) is 11.8. The average molecular weight is 403 g/mol. The minimum atomic E-state index is -0.0945. The smallest absolute Gasteiger partial charge is 0.166 e. The maximum absolute atomic E-state index is 5.58. The van der Waals surface area contributed by atoms with Crippen LogP contribution in [0.15, 0.2) is 24.3 Å². The normalized spacial score (nSPS) is 13.3. The van der Waals surface area contributed by atoms with Crippen LogP contribution in [0.25, 0.3) is 0 Å². The minimum absolute atomic E-state index is 0.0945. The van der Waals surface area contributed by atoms with E-state index < -0.39 is 0 Å². The van der Waals surface area contributed by atoms with Crippen LogP contribution in [0.4, 0.5) is 0 Å². The van der Waals surface area contributed by atoms with E-state index in [0.29, 0.717) is 0 Å². The third-order valence-electron chi connectivity index (χ3n) is 4.04. The Bertz CT molecular complexity index is 286. The van der Waals surface area contributed by atoms with E-state index in [4.69, 9.17) is 9.47 Å². The first kappa shape index (κ1) is 23.9. The molecule has 0 aliphatic rings. The lowest BCUT2D eigenvalue weighted by Gasteiger charge is -2.12. The molecule has 0 amide bonds. The molecule has 0 spiro atoms. The van der Waals surface area contributed by atoms with Gasteiger partial charge in [0.15, 0.2) is 6.29 Å². The maximum atomic E-state index is 5.58. The molecule has 0 aromatic rings. The zero-order valence-corrected chi connectivity index (χ0v) is 17.6. The summed E-state index contributed by atoms with van der Waals surface area (Å²) in [7, 11) is 1.68. The van der Waals surface area contributed by atoms with Gasteiger partial charge in [-0.2, -0.15) is 0 Å². The van der Waals surface area contributed by atoms with Gasteiger partial charge in [0.2, 0.25) is 0 Å². The van der Waals surface area contributed by atoms with Gasteiger partial charge < -0.3 is 9.47 Å². The molecular formula is C21H39BrO2. The van der Waals surface area contributed by atoms with Gasteiger partial charge in [-0.25, -0.2) is 0 Å². The van der Waals surface area contributed by atoms with Crippen LogP contribution in [0.2, 0.25) is 0 Å². The summed E-state index contributed by atoms with van der Waals surface area (Å²) in [6.45, 7) is 3.06. The Balaban J connectivity index is 3.20. The summed E-state index contributed by atoms with van der Waals surface area (Å²) < 4.78 is 10.7. The quantitative estimate of drug-likeness (QED) is 0.104. The fourth-order valence-corrected chi connectivity index (χ4v) is 2.93. The fraction of sp³-hybridized carbons (Fsp3) is 0.810. The van der Waals surface area contributed by atoms with Crippen LogP contribution < -0.4 is 0 Å². The molecule has 0 aliphatic heterocycles. The molecule has 142 valence electrons. The lowest BCUT2D eigenvalue weighted by atomic mass is 10.1. The summed E-state index contributed by atoms with van der Waals surface area (Å²) in [5.41, 5.74) is 0. The highest BCUT2D eigenvalue weighted by molar-refractivity contribution is 9.09. The topological polar surface area (TPSA) is 18.5 Å². The summed E-state index contributed by atoms with van der Waals surface area (Å²) in [6.07, 6.45) is 24.5. The fourth-order valence-electron chi connectivity index (χ4n) is 2.48. The van der Waals surface area contributed by atoms with Crippen LogP contribution in [0.5, 0.6) is 0 Å². The molecule has 1 unspecified atom stereocenters. The molecule has 24 heavy (non-hydrogen) atoms. The highest BCUT2D eigenvalue weighted by Crippen LogP contribution is 2.09. The molecule has 0 saturated carbocycles. The standard InChI is InChI=1S/C21H39BrO2/c1-3-4-5-6-7-8-9-10-11-12-13-14-15-16-17-18-19-24-21(20-22)23-2/h7-8,10-11,21H,3-6,9,12-20H2,1-2H3. The van der Waals surface area contributed by atoms with Crippen molar-refractivity contribution in [2.45, 2.75) is 90.3 Å². The van der Waals surface area contributed by atoms with Crippen LogP contribution in [0.1, 0.15) is 84.0 Å². The second kappa shape index (κ2) is 20.9. The SMILES string of the molecule is CCCCCC=CCC=CCCCCCCCCOC(CBr)OC. The van der Waals surface area contributed by atoms with Gasteiger partial charge in [-0.1, -0.05) is 85.7 Å². The molecule has 2 nitrogen and oxygen atoms in total. The van der Waals surface area contributed by atoms with E-state index in [-0.39, 0.29) is 6.29 Å². The highest BCUT2D eigenvalue weighted by Gasteiger charge is 2.03. The largest absolute Gasteiger partial charge is 0.355 e. The van der Waals surface area contributed by atoms with Gasteiger partial charge in [-0.15, -0.1) is 0 Å². The monoisotopic (exact) mass is 402 g/mol. The van der Waals surface area contributed by atoms with Gasteiger partial charge in [-0.05, 0) is 38.5 Å². The van der Waals surface area contributed by atoms with Crippen LogP contribution in [-0.4, -0.2) is 25.3 Å². The molecular weight excluding hydrogens is 364 g/mol. The van der Waals surface area contributed by atoms with E-state index in [0.717, 1.165) is 24.8 Å². The minimum Gasteiger partial charge on any atom is -0.355 e. The summed E-state index contributed by atoms with van der Waals surface area (Å²) in [4.78, 5) is 0. The predicted molar refractivity (Wildman–Crippen MR) is 110 cm³/mol. The number of unbranched alkanes of at least 4 members (excludes halogenated alkanes) is 9. The molecule has 0 aromatic carbocycles. The van der Waals surface area contributed by atoms with Crippen molar-refractivity contribution in [3.63, 3.8) is 0 Å². The maximum Gasteiger partial charge on any atom is 0.166 e. The molecule has 0 radical (unpaired) electrons. The summed E-state index contributed by atoms with van der Waals surface area (Å²) in [5, 5.41) is 0.742. The second-order valence-electron chi connectivity index (χ2n) is 6.27. The van der Waals surface area contributed by atoms with Crippen LogP contribution in [-0.2, 0) is 9.47 Å². The zero-order valence-electron chi connectivity index (χ0n) is 16.0. The molecule has 3 heteroatoms. The molecule has 0 saturated heterocycles. The number of allylic oxidation sites excluding steroid dienone is 4. The van der Waals surface area contributed by atoms with Crippen molar-refractivity contribution in [1.29, 1.82) is 0 Å². The van der Waals surface area contributed by atoms with E-state index in [2.05, 4.69) is 47.2 Å². The van der Waals surface area contributed by atoms with Gasteiger partial charge >= 0.3 is 0 Å². The first-order valence-corrected chi connectivity index (χ1v) is 11.0. The van der Waals surface area contributed by atoms with Crippen molar-refractivity contribution in [2.75, 3.05) is 19.0 Å². The van der Waals surface area contributed by atoms with E-state index in [1.807, 2.05) is 0 Å². The van der Waals surface area contributed by atoms with Gasteiger partial charge in [0, 0.05) is 13.7 Å². The Hall–Kier alpha value is -0.120. The van der Waals surface area contributed by atoms with Gasteiger partial charge in [0.05, 0.1) is 5.33 Å². The van der Waals surface area contributed by atoms with Gasteiger partial charge in [0.25, 0.3) is 0 Å². The molecule has 0 heterocycles. The molecule has 0 bridgehead atoms. The van der Waals surface area contributed by atoms with Crippen molar-refractivity contribution in [3.8, 4) is 0 Å². The van der Waals surface area contributed by atoms with Crippen molar-refractivity contribution >= 4 is 15.9 Å². The van der Waals surface area contributed by atoms with E-state index in [1.54, 1.807) is 7.11 Å². The van der Waals surface area contributed by atoms with Crippen LogP contribution >= 0.6 is 15.9 Å². The van der Waals surface area contributed by atoms with E-state index in [1.165, 1.54) is 64.2 Å². The van der Waals surface area contributed by atoms with Crippen LogP contribution in [0, 0.1) is 0 Å². The Morgan fingerprint density at radius 2 is 1.38 bits per heavy atom. The Labute approximate surface area is 159 Å². The second-order valence-corrected chi connectivity index (χ2v) is 6.92. The molecule has 0 N–H and O–H groups in total. The van der Waals surface area contributed by atoms with E-state index >= 15 is 0 Å². The molecule has 0 fully saturated rings. The molecule has 1 atom stereocenters. The zero-order chi connectivity index (χ0) is 17.7. The molecule has 0 aromatic heterocycles. The Kier molecular flexibility index (Phi) is 20.8. The van der Waals surface area contributed by atoms with Crippen molar-refractivity contribution < 1.29 is 9.47 Å². The molecule has 0 aliphatic carbocycles. The number of hydrogen-bond donors (Lipinski definition) is 0. The Morgan fingerprint density at radius 3 is 1.96 bits per heavy atom. The number of halogens is 1. The third kappa shape index (κ3) is 18.2. The average Bonchev–Trinajstić information content (AvgIpc) is 2.61. The lowest BCUT2D eigenvalue weighted by Crippen LogP contribution is -2.17. The summed E-state index contributed by atoms with van der Waals surface area (Å²) in [5.74, 6) is 0. The van der Waals surface area contributed by atoms with Gasteiger partial charge in [0.1, 0.15) is 0 Å². The predicted octanol–water partition coefficient (Wildman–Crippen LogP) is 7.18. The number of rotatable bonds is 18. The van der Waals surface area contributed by atoms with E-state index in [9.17, 15) is 0 Å². The third-order valence-corrected chi connectivity index (χ3v) is 4.57. The highest BCUT2D eigenvalue weighted by atomic mass is 79.9. The van der Waals surface area contributed by atoms with Crippen molar-refractivity contribution in [3.05, 3.63) is 24.3 Å². The van der Waals surface area contributed by atoms with Crippen LogP contribution in [0.3, 0.4) is 0 Å². The first-order valence-electron chi connectivity index (χ1n) is 9.85. The lowest BCUT2D eigenvalue weighted by molar-refractivity contribution is -0.107. The summed E-state index contributed by atoms with van der Waals surface area (Å²) >= 11 is 3.37. The number of alkyl halides is 1. The van der Waals surface area contributed by atoms with Crippen molar-refractivity contribution in [1.82, 2.24) is 0 Å². The molecule has 0 rings (SSSR count). The number of hydrogen-bond acceptors (Lipinski definition) is 2. The number of ether oxygens (including phenoxy) is 2. The Morgan fingerprint density at radius 1 is 0.792 bits per heavy atom. The van der Waals surface area contributed by atoms with Crippen molar-refractivity contribution in [2.24, 2.45) is 0 Å².